The number of hydrogen-bond acceptors (Lipinski definition) is 8. The molecule has 4 aromatic carbocycles. The van der Waals surface area contributed by atoms with Gasteiger partial charge in [0, 0.05) is 44.5 Å². The molecule has 0 aliphatic carbocycles. The number of esters is 4. The summed E-state index contributed by atoms with van der Waals surface area (Å²) in [5.41, 5.74) is 0. The van der Waals surface area contributed by atoms with Crippen molar-refractivity contribution in [2.45, 2.75) is 209 Å². The first-order valence-corrected chi connectivity index (χ1v) is 25.8. The van der Waals surface area contributed by atoms with Gasteiger partial charge in [-0.05, 0) is 75.6 Å². The molecule has 0 atom stereocenters. The van der Waals surface area contributed by atoms with Crippen molar-refractivity contribution in [3.05, 3.63) is 36.4 Å². The van der Waals surface area contributed by atoms with Crippen molar-refractivity contribution in [2.24, 2.45) is 23.7 Å². The summed E-state index contributed by atoms with van der Waals surface area (Å²) in [7, 11) is 0. The standard InChI is InChI=1S/C56H82O8/c1-9-17-25-39(26-18-10-2)53(57)61-47-37-48(62-54(58)40(27-19-11-3)28-20-12-4)44-35-36-46-50(64-56(60)42(31-23-15-7)32-24-16-8)38-49(45-34-33-43(47)51(44)52(45)46)63-55(59)41(29-21-13-5)30-22-14-6/h33-42H,9-32H2,1-8H3. The Morgan fingerprint density at radius 1 is 0.328 bits per heavy atom. The molecule has 0 aliphatic rings. The minimum Gasteiger partial charge on any atom is -0.426 e. The molecule has 64 heavy (non-hydrogen) atoms. The second kappa shape index (κ2) is 28.0. The largest absolute Gasteiger partial charge is 0.426 e. The zero-order valence-corrected chi connectivity index (χ0v) is 41.0. The third-order valence-corrected chi connectivity index (χ3v) is 13.2. The van der Waals surface area contributed by atoms with Crippen LogP contribution in [-0.4, -0.2) is 23.9 Å². The first-order chi connectivity index (χ1) is 31.1. The lowest BCUT2D eigenvalue weighted by Gasteiger charge is -2.23. The summed E-state index contributed by atoms with van der Waals surface area (Å²) in [6.45, 7) is 17.0. The second-order valence-electron chi connectivity index (χ2n) is 18.4. The average Bonchev–Trinajstić information content (AvgIpc) is 3.29. The van der Waals surface area contributed by atoms with Crippen LogP contribution in [0.1, 0.15) is 209 Å². The summed E-state index contributed by atoms with van der Waals surface area (Å²) in [6, 6.07) is 11.1. The summed E-state index contributed by atoms with van der Waals surface area (Å²) >= 11 is 0. The SMILES string of the molecule is CCCCC(CCCC)C(=O)Oc1cc(OC(=O)C(CCCC)CCCC)c2ccc3c(OC(=O)C(CCCC)CCCC)cc(OC(=O)C(CCCC)CCCC)c4ccc1c2c43. The van der Waals surface area contributed by atoms with E-state index in [1.165, 1.54) is 0 Å². The lowest BCUT2D eigenvalue weighted by atomic mass is 9.91. The molecule has 8 heteroatoms. The zero-order chi connectivity index (χ0) is 46.4. The minimum absolute atomic E-state index is 0.268. The molecule has 0 aromatic heterocycles. The molecule has 0 aliphatic heterocycles. The van der Waals surface area contributed by atoms with Gasteiger partial charge in [-0.2, -0.15) is 0 Å². The molecule has 354 valence electrons. The van der Waals surface area contributed by atoms with E-state index in [2.05, 4.69) is 55.4 Å². The number of carbonyl (C=O) groups is 4. The third-order valence-electron chi connectivity index (χ3n) is 13.2. The highest BCUT2D eigenvalue weighted by Gasteiger charge is 2.29. The zero-order valence-electron chi connectivity index (χ0n) is 41.0. The fourth-order valence-electron chi connectivity index (χ4n) is 9.09. The van der Waals surface area contributed by atoms with E-state index >= 15 is 0 Å². The fraction of sp³-hybridized carbons (Fsp3) is 0.643. The van der Waals surface area contributed by atoms with E-state index in [9.17, 15) is 19.2 Å². The van der Waals surface area contributed by atoms with Gasteiger partial charge in [-0.3, -0.25) is 19.2 Å². The predicted octanol–water partition coefficient (Wildman–Crippen LogP) is 16.2. The highest BCUT2D eigenvalue weighted by molar-refractivity contribution is 6.28. The van der Waals surface area contributed by atoms with Crippen molar-refractivity contribution in [3.63, 3.8) is 0 Å². The van der Waals surface area contributed by atoms with Crippen LogP contribution in [0, 0.1) is 23.7 Å². The van der Waals surface area contributed by atoms with Crippen molar-refractivity contribution in [1.82, 2.24) is 0 Å². The molecule has 0 bridgehead atoms. The molecule has 0 saturated carbocycles. The first-order valence-electron chi connectivity index (χ1n) is 25.8. The average molecular weight is 883 g/mol. The monoisotopic (exact) mass is 883 g/mol. The molecule has 0 spiro atoms. The highest BCUT2D eigenvalue weighted by Crippen LogP contribution is 2.49. The Balaban J connectivity index is 2.03. The van der Waals surface area contributed by atoms with Gasteiger partial charge in [0.05, 0.1) is 23.7 Å². The number of unbranched alkanes of at least 4 members (excludes halogenated alkanes) is 8. The van der Waals surface area contributed by atoms with Crippen molar-refractivity contribution < 1.29 is 38.1 Å². The molecule has 4 rings (SSSR count). The van der Waals surface area contributed by atoms with Crippen LogP contribution < -0.4 is 18.9 Å². The maximum absolute atomic E-state index is 14.2. The van der Waals surface area contributed by atoms with E-state index in [0.29, 0.717) is 55.3 Å². The number of carbonyl (C=O) groups excluding carboxylic acids is 4. The van der Waals surface area contributed by atoms with Crippen LogP contribution in [0.2, 0.25) is 0 Å². The molecular weight excluding hydrogens is 801 g/mol. The van der Waals surface area contributed by atoms with Crippen molar-refractivity contribution in [2.75, 3.05) is 0 Å². The van der Waals surface area contributed by atoms with E-state index in [0.717, 1.165) is 154 Å². The molecule has 0 radical (unpaired) electrons. The molecular formula is C56H82O8. The molecule has 0 N–H and O–H groups in total. The molecule has 4 aromatic rings. The molecule has 0 heterocycles. The van der Waals surface area contributed by atoms with Crippen LogP contribution >= 0.6 is 0 Å². The normalized spacial score (nSPS) is 11.9. The van der Waals surface area contributed by atoms with E-state index in [4.69, 9.17) is 18.9 Å². The Kier molecular flexibility index (Phi) is 22.9. The summed E-state index contributed by atoms with van der Waals surface area (Å²) in [6.07, 6.45) is 21.0. The topological polar surface area (TPSA) is 105 Å². The quantitative estimate of drug-likeness (QED) is 0.0271. The van der Waals surface area contributed by atoms with Gasteiger partial charge in [-0.1, -0.05) is 158 Å². The smallest absolute Gasteiger partial charge is 0.314 e. The Hall–Kier alpha value is -4.20. The van der Waals surface area contributed by atoms with Gasteiger partial charge in [-0.25, -0.2) is 0 Å². The fourth-order valence-corrected chi connectivity index (χ4v) is 9.09. The van der Waals surface area contributed by atoms with Gasteiger partial charge < -0.3 is 18.9 Å². The van der Waals surface area contributed by atoms with Gasteiger partial charge in [0.25, 0.3) is 0 Å². The molecule has 8 nitrogen and oxygen atoms in total. The summed E-state index contributed by atoms with van der Waals surface area (Å²) in [5, 5.41) is 4.02. The first kappa shape index (κ1) is 52.4. The molecule has 0 unspecified atom stereocenters. The van der Waals surface area contributed by atoms with Crippen LogP contribution in [-0.2, 0) is 19.2 Å². The minimum atomic E-state index is -0.294. The van der Waals surface area contributed by atoms with Crippen molar-refractivity contribution in [3.8, 4) is 23.0 Å². The number of rotatable bonds is 32. The Morgan fingerprint density at radius 3 is 0.656 bits per heavy atom. The van der Waals surface area contributed by atoms with Crippen LogP contribution in [0.15, 0.2) is 36.4 Å². The van der Waals surface area contributed by atoms with Crippen LogP contribution in [0.3, 0.4) is 0 Å². The highest BCUT2D eigenvalue weighted by atomic mass is 16.6. The van der Waals surface area contributed by atoms with Crippen LogP contribution in [0.4, 0.5) is 0 Å². The third kappa shape index (κ3) is 14.4. The van der Waals surface area contributed by atoms with Crippen LogP contribution in [0.5, 0.6) is 23.0 Å². The Bertz CT molecular complexity index is 1740. The van der Waals surface area contributed by atoms with Gasteiger partial charge in [0.1, 0.15) is 23.0 Å². The summed E-state index contributed by atoms with van der Waals surface area (Å²) in [4.78, 5) is 56.8. The number of benzene rings is 4. The van der Waals surface area contributed by atoms with E-state index in [1.54, 1.807) is 12.1 Å². The molecule has 0 amide bonds. The van der Waals surface area contributed by atoms with E-state index < -0.39 is 0 Å². The maximum Gasteiger partial charge on any atom is 0.314 e. The van der Waals surface area contributed by atoms with Crippen molar-refractivity contribution in [1.29, 1.82) is 0 Å². The van der Waals surface area contributed by atoms with Gasteiger partial charge in [0.2, 0.25) is 0 Å². The van der Waals surface area contributed by atoms with E-state index in [-0.39, 0.29) is 47.5 Å². The van der Waals surface area contributed by atoms with Crippen LogP contribution in [0.25, 0.3) is 32.3 Å². The summed E-state index contributed by atoms with van der Waals surface area (Å²) in [5.74, 6) is -1.00. The Morgan fingerprint density at radius 2 is 0.500 bits per heavy atom. The Labute approximate surface area is 385 Å². The molecule has 0 saturated heterocycles. The van der Waals surface area contributed by atoms with Crippen molar-refractivity contribution >= 4 is 56.2 Å². The van der Waals surface area contributed by atoms with E-state index in [1.807, 2.05) is 24.3 Å². The number of hydrogen-bond donors (Lipinski definition) is 0. The second-order valence-corrected chi connectivity index (χ2v) is 18.4. The van der Waals surface area contributed by atoms with Gasteiger partial charge in [-0.15, -0.1) is 0 Å². The van der Waals surface area contributed by atoms with Gasteiger partial charge in [0.15, 0.2) is 0 Å². The number of ether oxygens (including phenoxy) is 4. The maximum atomic E-state index is 14.2. The lowest BCUT2D eigenvalue weighted by molar-refractivity contribution is -0.140. The molecule has 0 fully saturated rings. The van der Waals surface area contributed by atoms with Gasteiger partial charge >= 0.3 is 23.9 Å². The summed E-state index contributed by atoms with van der Waals surface area (Å²) < 4.78 is 25.8. The predicted molar refractivity (Wildman–Crippen MR) is 263 cm³/mol. The lowest BCUT2D eigenvalue weighted by Crippen LogP contribution is -2.22.